The first-order chi connectivity index (χ1) is 11.8. The van der Waals surface area contributed by atoms with Gasteiger partial charge in [-0.2, -0.15) is 5.10 Å². The molecule has 0 aliphatic carbocycles. The molecule has 0 atom stereocenters. The van der Waals surface area contributed by atoms with Crippen molar-refractivity contribution >= 4 is 12.1 Å². The topological polar surface area (TPSA) is 68.5 Å². The molecule has 0 aliphatic heterocycles. The average Bonchev–Trinajstić information content (AvgIpc) is 3.16. The number of hydrogen-bond donors (Lipinski definition) is 1. The zero-order valence-corrected chi connectivity index (χ0v) is 13.1. The highest BCUT2D eigenvalue weighted by molar-refractivity contribution is 5.95. The van der Waals surface area contributed by atoms with Gasteiger partial charge in [0.2, 0.25) is 0 Å². The van der Waals surface area contributed by atoms with Gasteiger partial charge in [-0.15, -0.1) is 0 Å². The number of hydrazone groups is 1. The first-order valence-electron chi connectivity index (χ1n) is 7.32. The number of carbonyl (C=O) groups is 1. The van der Waals surface area contributed by atoms with Gasteiger partial charge in [-0.05, 0) is 42.0 Å². The summed E-state index contributed by atoms with van der Waals surface area (Å²) < 4.78 is 7.00. The lowest BCUT2D eigenvalue weighted by Crippen LogP contribution is -2.17. The summed E-state index contributed by atoms with van der Waals surface area (Å²) in [6.07, 6.45) is 6.81. The maximum atomic E-state index is 12.1. The number of aromatic nitrogens is 2. The molecule has 24 heavy (non-hydrogen) atoms. The molecule has 0 unspecified atom stereocenters. The lowest BCUT2D eigenvalue weighted by Gasteiger charge is -2.04. The van der Waals surface area contributed by atoms with Crippen LogP contribution in [0.3, 0.4) is 0 Å². The molecule has 0 fully saturated rings. The Kier molecular flexibility index (Phi) is 4.67. The molecule has 3 aromatic rings. The lowest BCUT2D eigenvalue weighted by molar-refractivity contribution is 0.0955. The number of carbonyl (C=O) groups excluding carboxylic acids is 1. The number of ether oxygens (including phenoxy) is 1. The molecule has 3 rings (SSSR count). The molecule has 0 saturated carbocycles. The summed E-state index contributed by atoms with van der Waals surface area (Å²) in [6.45, 7) is 0. The van der Waals surface area contributed by atoms with Crippen LogP contribution in [0, 0.1) is 0 Å². The van der Waals surface area contributed by atoms with Crippen molar-refractivity contribution < 1.29 is 9.53 Å². The monoisotopic (exact) mass is 320 g/mol. The number of hydrogen-bond acceptors (Lipinski definition) is 4. The maximum absolute atomic E-state index is 12.1. The van der Waals surface area contributed by atoms with Gasteiger partial charge in [0.15, 0.2) is 0 Å². The van der Waals surface area contributed by atoms with E-state index in [9.17, 15) is 4.79 Å². The number of methoxy groups -OCH3 is 1. The van der Waals surface area contributed by atoms with Crippen LogP contribution in [0.1, 0.15) is 15.9 Å². The quantitative estimate of drug-likeness (QED) is 0.580. The van der Waals surface area contributed by atoms with Gasteiger partial charge in [0.1, 0.15) is 5.75 Å². The molecular weight excluding hydrogens is 304 g/mol. The molecule has 0 spiro atoms. The first kappa shape index (κ1) is 15.5. The van der Waals surface area contributed by atoms with E-state index >= 15 is 0 Å². The molecule has 0 radical (unpaired) electrons. The molecule has 120 valence electrons. The van der Waals surface area contributed by atoms with E-state index in [0.717, 1.165) is 17.0 Å². The minimum Gasteiger partial charge on any atom is -0.497 e. The Morgan fingerprint density at radius 1 is 1.25 bits per heavy atom. The second-order valence-corrected chi connectivity index (χ2v) is 4.99. The average molecular weight is 320 g/mol. The summed E-state index contributed by atoms with van der Waals surface area (Å²) in [7, 11) is 1.60. The summed E-state index contributed by atoms with van der Waals surface area (Å²) in [4.78, 5) is 16.1. The van der Waals surface area contributed by atoms with E-state index < -0.39 is 0 Å². The largest absolute Gasteiger partial charge is 0.497 e. The van der Waals surface area contributed by atoms with E-state index in [4.69, 9.17) is 4.74 Å². The number of nitrogens with zero attached hydrogens (tertiary/aromatic N) is 3. The van der Waals surface area contributed by atoms with Crippen LogP contribution in [0.5, 0.6) is 5.75 Å². The van der Waals surface area contributed by atoms with Crippen molar-refractivity contribution in [2.75, 3.05) is 7.11 Å². The third kappa shape index (κ3) is 3.67. The Morgan fingerprint density at radius 3 is 2.79 bits per heavy atom. The number of nitrogens with one attached hydrogen (secondary N) is 1. The fraction of sp³-hybridized carbons (Fsp3) is 0.0556. The highest BCUT2D eigenvalue weighted by Gasteiger charge is 2.04. The summed E-state index contributed by atoms with van der Waals surface area (Å²) in [6, 6.07) is 14.6. The smallest absolute Gasteiger partial charge is 0.271 e. The number of imidazole rings is 1. The third-order valence-corrected chi connectivity index (χ3v) is 3.41. The summed E-state index contributed by atoms with van der Waals surface area (Å²) in [5, 5.41) is 3.97. The predicted molar refractivity (Wildman–Crippen MR) is 91.6 cm³/mol. The second-order valence-electron chi connectivity index (χ2n) is 4.99. The SMILES string of the molecule is COc1cccc(/C=N/NC(=O)c2ccc(-n3ccnc3)cc2)c1. The highest BCUT2D eigenvalue weighted by atomic mass is 16.5. The fourth-order valence-electron chi connectivity index (χ4n) is 2.15. The van der Waals surface area contributed by atoms with Crippen LogP contribution < -0.4 is 10.2 Å². The molecule has 6 heteroatoms. The molecular formula is C18H16N4O2. The molecule has 0 aliphatic rings. The van der Waals surface area contributed by atoms with E-state index in [2.05, 4.69) is 15.5 Å². The minimum absolute atomic E-state index is 0.272. The predicted octanol–water partition coefficient (Wildman–Crippen LogP) is 2.64. The fourth-order valence-corrected chi connectivity index (χ4v) is 2.15. The first-order valence-corrected chi connectivity index (χ1v) is 7.32. The van der Waals surface area contributed by atoms with Gasteiger partial charge >= 0.3 is 0 Å². The Bertz CT molecular complexity index is 840. The summed E-state index contributed by atoms with van der Waals surface area (Å²) >= 11 is 0. The molecule has 1 N–H and O–H groups in total. The Morgan fingerprint density at radius 2 is 2.08 bits per heavy atom. The van der Waals surface area contributed by atoms with Crippen LogP contribution in [0.25, 0.3) is 5.69 Å². The van der Waals surface area contributed by atoms with E-state index in [1.54, 1.807) is 38.0 Å². The van der Waals surface area contributed by atoms with Gasteiger partial charge in [-0.1, -0.05) is 12.1 Å². The second kappa shape index (κ2) is 7.23. The van der Waals surface area contributed by atoms with Crippen molar-refractivity contribution in [1.82, 2.24) is 15.0 Å². The third-order valence-electron chi connectivity index (χ3n) is 3.41. The van der Waals surface area contributed by atoms with Gasteiger partial charge in [-0.25, -0.2) is 10.4 Å². The van der Waals surface area contributed by atoms with Crippen molar-refractivity contribution in [3.63, 3.8) is 0 Å². The number of benzene rings is 2. The summed E-state index contributed by atoms with van der Waals surface area (Å²) in [5.41, 5.74) is 4.81. The van der Waals surface area contributed by atoms with Crippen molar-refractivity contribution in [2.24, 2.45) is 5.10 Å². The molecule has 2 aromatic carbocycles. The zero-order chi connectivity index (χ0) is 16.8. The Labute approximate surface area is 139 Å². The van der Waals surface area contributed by atoms with Crippen molar-refractivity contribution in [3.05, 3.63) is 78.4 Å². The lowest BCUT2D eigenvalue weighted by atomic mass is 10.2. The number of amides is 1. The van der Waals surface area contributed by atoms with Gasteiger partial charge in [0.25, 0.3) is 5.91 Å². The van der Waals surface area contributed by atoms with Gasteiger partial charge < -0.3 is 9.30 Å². The standard InChI is InChI=1S/C18H16N4O2/c1-24-17-4-2-3-14(11-17)12-20-21-18(23)15-5-7-16(8-6-15)22-10-9-19-13-22/h2-13H,1H3,(H,21,23)/b20-12+. The summed E-state index contributed by atoms with van der Waals surface area (Å²) in [5.74, 6) is 0.465. The molecule has 0 saturated heterocycles. The Balaban J connectivity index is 1.63. The molecule has 1 amide bonds. The molecule has 6 nitrogen and oxygen atoms in total. The van der Waals surface area contributed by atoms with Crippen molar-refractivity contribution in [2.45, 2.75) is 0 Å². The van der Waals surface area contributed by atoms with Gasteiger partial charge in [0, 0.05) is 23.6 Å². The van der Waals surface area contributed by atoms with E-state index in [1.807, 2.05) is 47.2 Å². The molecule has 0 bridgehead atoms. The van der Waals surface area contributed by atoms with Gasteiger partial charge in [-0.3, -0.25) is 4.79 Å². The van der Waals surface area contributed by atoms with Crippen LogP contribution in [0.2, 0.25) is 0 Å². The molecule has 1 aromatic heterocycles. The van der Waals surface area contributed by atoms with Crippen LogP contribution in [0.15, 0.2) is 72.4 Å². The van der Waals surface area contributed by atoms with Crippen molar-refractivity contribution in [3.8, 4) is 11.4 Å². The van der Waals surface area contributed by atoms with Crippen molar-refractivity contribution in [1.29, 1.82) is 0 Å². The van der Waals surface area contributed by atoms with E-state index in [-0.39, 0.29) is 5.91 Å². The van der Waals surface area contributed by atoms with Crippen LogP contribution in [-0.2, 0) is 0 Å². The van der Waals surface area contributed by atoms with E-state index in [1.165, 1.54) is 0 Å². The zero-order valence-electron chi connectivity index (χ0n) is 13.1. The van der Waals surface area contributed by atoms with E-state index in [0.29, 0.717) is 5.56 Å². The van der Waals surface area contributed by atoms with Crippen LogP contribution in [-0.4, -0.2) is 28.8 Å². The maximum Gasteiger partial charge on any atom is 0.271 e. The Hall–Kier alpha value is -3.41. The van der Waals surface area contributed by atoms with Gasteiger partial charge in [0.05, 0.1) is 19.7 Å². The van der Waals surface area contributed by atoms with Crippen LogP contribution in [0.4, 0.5) is 0 Å². The molecule has 1 heterocycles. The highest BCUT2D eigenvalue weighted by Crippen LogP contribution is 2.11. The number of rotatable bonds is 5. The van der Waals surface area contributed by atoms with Crippen LogP contribution >= 0.6 is 0 Å². The normalized spacial score (nSPS) is 10.7. The minimum atomic E-state index is -0.272.